The second-order valence-corrected chi connectivity index (χ2v) is 9.46. The summed E-state index contributed by atoms with van der Waals surface area (Å²) in [6.07, 6.45) is 5.63. The van der Waals surface area contributed by atoms with Crippen molar-refractivity contribution < 1.29 is 29.4 Å². The Kier molecular flexibility index (Phi) is 22.0. The normalized spacial score (nSPS) is 9.29. The minimum absolute atomic E-state index is 1.03. The van der Waals surface area contributed by atoms with E-state index in [9.17, 15) is 0 Å². The quantitative estimate of drug-likeness (QED) is 0.295. The lowest BCUT2D eigenvalue weighted by Gasteiger charge is -2.00. The zero-order chi connectivity index (χ0) is 22.6. The summed E-state index contributed by atoms with van der Waals surface area (Å²) in [7, 11) is 0. The van der Waals surface area contributed by atoms with Crippen LogP contribution in [0.1, 0.15) is 31.9 Å². The first-order valence-electron chi connectivity index (χ1n) is 7.88. The van der Waals surface area contributed by atoms with E-state index in [4.69, 9.17) is 29.4 Å². The van der Waals surface area contributed by atoms with Gasteiger partial charge in [-0.3, -0.25) is 0 Å². The Balaban J connectivity index is -0.000000350. The summed E-state index contributed by atoms with van der Waals surface area (Å²) in [6, 6.07) is 21.1. The number of benzene rings is 2. The number of terminal acetylenes is 1. The van der Waals surface area contributed by atoms with Gasteiger partial charge in [-0.15, -0.1) is 12.3 Å². The molecule has 158 valence electrons. The molecule has 0 aliphatic carbocycles. The van der Waals surface area contributed by atoms with Gasteiger partial charge in [0.2, 0.25) is 0 Å². The molecule has 0 saturated heterocycles. The van der Waals surface area contributed by atoms with Crippen molar-refractivity contribution >= 4 is 37.1 Å². The second kappa shape index (κ2) is 19.4. The van der Waals surface area contributed by atoms with Crippen molar-refractivity contribution in [3.63, 3.8) is 0 Å². The molecule has 0 fully saturated rings. The van der Waals surface area contributed by atoms with E-state index in [1.54, 1.807) is 6.92 Å². The maximum absolute atomic E-state index is 7.56. The SMILES string of the molecule is C#CC.CC.OP(O)(O)=S.OP(O)(O)=S.c1ccc(Cc2ccccc2)cc1. The summed E-state index contributed by atoms with van der Waals surface area (Å²) in [4.78, 5) is 45.3. The van der Waals surface area contributed by atoms with E-state index in [2.05, 4.69) is 96.6 Å². The van der Waals surface area contributed by atoms with Crippen LogP contribution >= 0.6 is 13.4 Å². The molecule has 10 heteroatoms. The summed E-state index contributed by atoms with van der Waals surface area (Å²) >= 11 is 7.21. The van der Waals surface area contributed by atoms with E-state index in [1.807, 2.05) is 13.8 Å². The summed E-state index contributed by atoms with van der Waals surface area (Å²) in [5.41, 5.74) is 2.74. The van der Waals surface area contributed by atoms with Gasteiger partial charge in [-0.2, -0.15) is 0 Å². The van der Waals surface area contributed by atoms with Crippen molar-refractivity contribution in [2.24, 2.45) is 0 Å². The van der Waals surface area contributed by atoms with Gasteiger partial charge in [-0.25, -0.2) is 0 Å². The lowest BCUT2D eigenvalue weighted by atomic mass is 10.1. The maximum Gasteiger partial charge on any atom is 0.319 e. The van der Waals surface area contributed by atoms with E-state index in [0.717, 1.165) is 6.42 Å². The van der Waals surface area contributed by atoms with Gasteiger partial charge in [0.05, 0.1) is 0 Å². The molecule has 0 spiro atoms. The van der Waals surface area contributed by atoms with Crippen LogP contribution in [0.4, 0.5) is 0 Å². The predicted molar refractivity (Wildman–Crippen MR) is 123 cm³/mol. The Morgan fingerprint density at radius 3 is 1.07 bits per heavy atom. The molecular formula is C18H28O6P2S2. The number of hydrogen-bond acceptors (Lipinski definition) is 2. The molecule has 0 atom stereocenters. The van der Waals surface area contributed by atoms with Gasteiger partial charge < -0.3 is 29.4 Å². The second-order valence-electron chi connectivity index (χ2n) is 4.46. The summed E-state index contributed by atoms with van der Waals surface area (Å²) in [6.45, 7) is -1.96. The van der Waals surface area contributed by atoms with Gasteiger partial charge in [0.25, 0.3) is 0 Å². The molecule has 0 saturated carbocycles. The van der Waals surface area contributed by atoms with Crippen molar-refractivity contribution in [1.82, 2.24) is 0 Å². The molecule has 28 heavy (non-hydrogen) atoms. The fourth-order valence-electron chi connectivity index (χ4n) is 1.43. The third-order valence-corrected chi connectivity index (χ3v) is 2.09. The monoisotopic (exact) mass is 466 g/mol. The fraction of sp³-hybridized carbons (Fsp3) is 0.222. The van der Waals surface area contributed by atoms with E-state index >= 15 is 0 Å². The highest BCUT2D eigenvalue weighted by Crippen LogP contribution is 2.26. The Morgan fingerprint density at radius 1 is 0.714 bits per heavy atom. The van der Waals surface area contributed by atoms with Crippen molar-refractivity contribution in [1.29, 1.82) is 0 Å². The predicted octanol–water partition coefficient (Wildman–Crippen LogP) is 3.32. The van der Waals surface area contributed by atoms with Crippen LogP contribution in [-0.4, -0.2) is 29.4 Å². The zero-order valence-electron chi connectivity index (χ0n) is 16.0. The van der Waals surface area contributed by atoms with Crippen LogP contribution in [0.25, 0.3) is 0 Å². The standard InChI is InChI=1S/C13H12.C3H4.C2H6.2H3O3PS/c1-3-7-12(8-4-1)11-13-9-5-2-6-10-13;1-3-2;1-2;2*1-4(2,3)5/h1-10H,11H2;1H,2H3;1-2H3;2*(H3,1,2,3,5). The first kappa shape index (κ1) is 31.7. The highest BCUT2D eigenvalue weighted by molar-refractivity contribution is 8.06. The Morgan fingerprint density at radius 2 is 0.893 bits per heavy atom. The van der Waals surface area contributed by atoms with Gasteiger partial charge in [0.1, 0.15) is 0 Å². The molecule has 0 unspecified atom stereocenters. The van der Waals surface area contributed by atoms with Gasteiger partial charge in [-0.1, -0.05) is 74.5 Å². The lowest BCUT2D eigenvalue weighted by molar-refractivity contribution is 0.361. The summed E-state index contributed by atoms with van der Waals surface area (Å²) in [5.74, 6) is 2.25. The molecule has 0 radical (unpaired) electrons. The van der Waals surface area contributed by atoms with Crippen molar-refractivity contribution in [2.45, 2.75) is 27.2 Å². The summed E-state index contributed by atoms with van der Waals surface area (Å²) in [5, 5.41) is 0. The molecule has 0 aliphatic heterocycles. The largest absolute Gasteiger partial charge is 0.325 e. The minimum Gasteiger partial charge on any atom is -0.325 e. The third kappa shape index (κ3) is 39.9. The van der Waals surface area contributed by atoms with Gasteiger partial charge in [0, 0.05) is 0 Å². The Hall–Kier alpha value is -0.940. The first-order valence-corrected chi connectivity index (χ1v) is 13.2. The van der Waals surface area contributed by atoms with Crippen LogP contribution in [0.15, 0.2) is 60.7 Å². The van der Waals surface area contributed by atoms with Crippen LogP contribution in [0, 0.1) is 12.3 Å². The Bertz CT molecular complexity index is 651. The van der Waals surface area contributed by atoms with E-state index < -0.39 is 13.4 Å². The molecular weight excluding hydrogens is 438 g/mol. The smallest absolute Gasteiger partial charge is 0.319 e. The van der Waals surface area contributed by atoms with Crippen LogP contribution in [-0.2, 0) is 30.0 Å². The fourth-order valence-corrected chi connectivity index (χ4v) is 1.43. The molecule has 0 aliphatic rings. The molecule has 2 aromatic carbocycles. The summed E-state index contributed by atoms with van der Waals surface area (Å²) < 4.78 is 0. The highest BCUT2D eigenvalue weighted by Gasteiger charge is 1.93. The average Bonchev–Trinajstić information content (AvgIpc) is 2.56. The highest BCUT2D eigenvalue weighted by atomic mass is 32.5. The van der Waals surface area contributed by atoms with Crippen LogP contribution in [0.5, 0.6) is 0 Å². The molecule has 6 nitrogen and oxygen atoms in total. The van der Waals surface area contributed by atoms with Crippen LogP contribution in [0.3, 0.4) is 0 Å². The molecule has 2 aromatic rings. The molecule has 0 heterocycles. The zero-order valence-corrected chi connectivity index (χ0v) is 19.4. The Labute approximate surface area is 177 Å². The first-order chi connectivity index (χ1) is 12.9. The van der Waals surface area contributed by atoms with Crippen molar-refractivity contribution in [3.8, 4) is 12.3 Å². The van der Waals surface area contributed by atoms with Gasteiger partial charge in [0.15, 0.2) is 0 Å². The molecule has 0 bridgehead atoms. The van der Waals surface area contributed by atoms with Crippen molar-refractivity contribution in [2.75, 3.05) is 0 Å². The van der Waals surface area contributed by atoms with Gasteiger partial charge >= 0.3 is 13.4 Å². The topological polar surface area (TPSA) is 121 Å². The minimum atomic E-state index is -3.81. The number of rotatable bonds is 2. The molecule has 6 N–H and O–H groups in total. The molecule has 0 amide bonds. The van der Waals surface area contributed by atoms with Crippen LogP contribution in [0.2, 0.25) is 0 Å². The van der Waals surface area contributed by atoms with Gasteiger partial charge in [-0.05, 0) is 48.1 Å². The lowest BCUT2D eigenvalue weighted by Crippen LogP contribution is -1.85. The molecule has 0 aromatic heterocycles. The molecule has 2 rings (SSSR count). The van der Waals surface area contributed by atoms with Crippen LogP contribution < -0.4 is 0 Å². The average molecular weight is 466 g/mol. The van der Waals surface area contributed by atoms with E-state index in [0.29, 0.717) is 0 Å². The number of hydrogen-bond donors (Lipinski definition) is 6. The third-order valence-electron chi connectivity index (χ3n) is 2.09. The van der Waals surface area contributed by atoms with E-state index in [-0.39, 0.29) is 0 Å². The van der Waals surface area contributed by atoms with E-state index in [1.165, 1.54) is 11.1 Å². The maximum atomic E-state index is 7.56. The van der Waals surface area contributed by atoms with Crippen molar-refractivity contribution in [3.05, 3.63) is 71.8 Å².